The number of nitrogens with zero attached hydrogens (tertiary/aromatic N) is 1. The molecule has 0 aliphatic rings. The number of fused-ring (bicyclic) bond motifs is 1. The third-order valence-corrected chi connectivity index (χ3v) is 5.26. The van der Waals surface area contributed by atoms with Crippen LogP contribution in [0.3, 0.4) is 0 Å². The van der Waals surface area contributed by atoms with Crippen LogP contribution in [0.5, 0.6) is 0 Å². The second kappa shape index (κ2) is 7.28. The Hall–Kier alpha value is -2.69. The largest absolute Gasteiger partial charge is 0.322 e. The standard InChI is InChI=1S/C21H15ClN2OS/c22-16-5-3-4-15(13-16)21(25)23-17-10-8-14(9-11-17)12-20-24-18-6-1-2-7-19(18)26-20/h1-11,13H,12H2,(H,23,25). The van der Waals surface area contributed by atoms with Crippen molar-refractivity contribution in [2.45, 2.75) is 6.42 Å². The van der Waals surface area contributed by atoms with Gasteiger partial charge in [0, 0.05) is 22.7 Å². The molecule has 0 unspecified atom stereocenters. The number of hydrogen-bond acceptors (Lipinski definition) is 3. The molecule has 0 aliphatic heterocycles. The zero-order valence-corrected chi connectivity index (χ0v) is 15.3. The molecule has 4 rings (SSSR count). The van der Waals surface area contributed by atoms with E-state index < -0.39 is 0 Å². The smallest absolute Gasteiger partial charge is 0.255 e. The lowest BCUT2D eigenvalue weighted by atomic mass is 10.1. The SMILES string of the molecule is O=C(Nc1ccc(Cc2nc3ccccc3s2)cc1)c1cccc(Cl)c1. The fourth-order valence-electron chi connectivity index (χ4n) is 2.71. The molecule has 0 saturated heterocycles. The van der Waals surface area contributed by atoms with Gasteiger partial charge in [0.1, 0.15) is 0 Å². The number of para-hydroxylation sites is 1. The Morgan fingerprint density at radius 1 is 1.00 bits per heavy atom. The highest BCUT2D eigenvalue weighted by molar-refractivity contribution is 7.18. The Balaban J connectivity index is 1.45. The molecule has 1 amide bonds. The lowest BCUT2D eigenvalue weighted by Gasteiger charge is -2.06. The summed E-state index contributed by atoms with van der Waals surface area (Å²) in [6.07, 6.45) is 0.780. The first-order chi connectivity index (χ1) is 12.7. The third kappa shape index (κ3) is 3.77. The van der Waals surface area contributed by atoms with E-state index in [4.69, 9.17) is 11.6 Å². The molecular formula is C21H15ClN2OS. The van der Waals surface area contributed by atoms with Crippen molar-refractivity contribution in [1.82, 2.24) is 4.98 Å². The predicted octanol–water partition coefficient (Wildman–Crippen LogP) is 5.79. The number of aromatic nitrogens is 1. The number of amides is 1. The molecule has 0 spiro atoms. The van der Waals surface area contributed by atoms with E-state index in [9.17, 15) is 4.79 Å². The van der Waals surface area contributed by atoms with Crippen molar-refractivity contribution in [3.63, 3.8) is 0 Å². The molecule has 0 aliphatic carbocycles. The van der Waals surface area contributed by atoms with Crippen LogP contribution in [0.1, 0.15) is 20.9 Å². The van der Waals surface area contributed by atoms with Crippen molar-refractivity contribution < 1.29 is 4.79 Å². The minimum Gasteiger partial charge on any atom is -0.322 e. The minimum absolute atomic E-state index is 0.175. The predicted molar refractivity (Wildman–Crippen MR) is 108 cm³/mol. The van der Waals surface area contributed by atoms with Crippen LogP contribution >= 0.6 is 22.9 Å². The van der Waals surface area contributed by atoms with Crippen LogP contribution in [0, 0.1) is 0 Å². The number of benzene rings is 3. The molecule has 1 aromatic heterocycles. The van der Waals surface area contributed by atoms with Gasteiger partial charge in [0.15, 0.2) is 0 Å². The average Bonchev–Trinajstić information content (AvgIpc) is 3.05. The molecule has 3 nitrogen and oxygen atoms in total. The molecule has 128 valence electrons. The van der Waals surface area contributed by atoms with Gasteiger partial charge in [-0.25, -0.2) is 4.98 Å². The van der Waals surface area contributed by atoms with Gasteiger partial charge in [0.25, 0.3) is 5.91 Å². The molecule has 3 aromatic carbocycles. The van der Waals surface area contributed by atoms with Crippen molar-refractivity contribution in [1.29, 1.82) is 0 Å². The summed E-state index contributed by atoms with van der Waals surface area (Å²) in [7, 11) is 0. The maximum atomic E-state index is 12.3. The molecule has 0 atom stereocenters. The first kappa shape index (κ1) is 16.8. The number of carbonyl (C=O) groups is 1. The fourth-order valence-corrected chi connectivity index (χ4v) is 3.90. The van der Waals surface area contributed by atoms with Gasteiger partial charge in [-0.1, -0.05) is 41.9 Å². The summed E-state index contributed by atoms with van der Waals surface area (Å²) < 4.78 is 1.20. The molecule has 0 radical (unpaired) electrons. The first-order valence-corrected chi connectivity index (χ1v) is 9.37. The number of carbonyl (C=O) groups excluding carboxylic acids is 1. The van der Waals surface area contributed by atoms with Gasteiger partial charge in [-0.2, -0.15) is 0 Å². The zero-order valence-electron chi connectivity index (χ0n) is 13.8. The Labute approximate surface area is 160 Å². The fraction of sp³-hybridized carbons (Fsp3) is 0.0476. The minimum atomic E-state index is -0.175. The second-order valence-electron chi connectivity index (χ2n) is 5.91. The number of rotatable bonds is 4. The quantitative estimate of drug-likeness (QED) is 0.488. The monoisotopic (exact) mass is 378 g/mol. The summed E-state index contributed by atoms with van der Waals surface area (Å²) in [5.41, 5.74) is 3.49. The van der Waals surface area contributed by atoms with Crippen molar-refractivity contribution in [2.24, 2.45) is 0 Å². The highest BCUT2D eigenvalue weighted by atomic mass is 35.5. The number of hydrogen-bond donors (Lipinski definition) is 1. The number of anilines is 1. The van der Waals surface area contributed by atoms with Crippen LogP contribution in [0.4, 0.5) is 5.69 Å². The van der Waals surface area contributed by atoms with Gasteiger partial charge in [0.2, 0.25) is 0 Å². The molecule has 0 fully saturated rings. The summed E-state index contributed by atoms with van der Waals surface area (Å²) >= 11 is 7.65. The lowest BCUT2D eigenvalue weighted by Crippen LogP contribution is -2.11. The molecule has 1 N–H and O–H groups in total. The molecule has 1 heterocycles. The van der Waals surface area contributed by atoms with Crippen LogP contribution in [0.25, 0.3) is 10.2 Å². The van der Waals surface area contributed by atoms with Crippen LogP contribution < -0.4 is 5.32 Å². The van der Waals surface area contributed by atoms with E-state index in [0.29, 0.717) is 10.6 Å². The average molecular weight is 379 g/mol. The number of halogens is 1. The van der Waals surface area contributed by atoms with Gasteiger partial charge in [-0.05, 0) is 48.0 Å². The molecule has 4 aromatic rings. The summed E-state index contributed by atoms with van der Waals surface area (Å²) in [4.78, 5) is 16.9. The highest BCUT2D eigenvalue weighted by Gasteiger charge is 2.08. The normalized spacial score (nSPS) is 10.8. The first-order valence-electron chi connectivity index (χ1n) is 8.18. The lowest BCUT2D eigenvalue weighted by molar-refractivity contribution is 0.102. The zero-order chi connectivity index (χ0) is 17.9. The van der Waals surface area contributed by atoms with Crippen LogP contribution in [-0.2, 0) is 6.42 Å². The van der Waals surface area contributed by atoms with E-state index in [0.717, 1.165) is 28.2 Å². The van der Waals surface area contributed by atoms with Crippen LogP contribution in [0.15, 0.2) is 72.8 Å². The van der Waals surface area contributed by atoms with Crippen molar-refractivity contribution in [3.05, 3.63) is 94.0 Å². The van der Waals surface area contributed by atoms with Crippen molar-refractivity contribution in [3.8, 4) is 0 Å². The summed E-state index contributed by atoms with van der Waals surface area (Å²) in [5, 5.41) is 4.52. The third-order valence-electron chi connectivity index (χ3n) is 3.99. The molecule has 0 bridgehead atoms. The van der Waals surface area contributed by atoms with Gasteiger partial charge in [-0.15, -0.1) is 11.3 Å². The molecule has 5 heteroatoms. The van der Waals surface area contributed by atoms with Crippen LogP contribution in [0.2, 0.25) is 5.02 Å². The van der Waals surface area contributed by atoms with E-state index in [-0.39, 0.29) is 5.91 Å². The van der Waals surface area contributed by atoms with Crippen LogP contribution in [-0.4, -0.2) is 10.9 Å². The maximum absolute atomic E-state index is 12.3. The topological polar surface area (TPSA) is 42.0 Å². The van der Waals surface area contributed by atoms with Gasteiger partial charge in [0.05, 0.1) is 15.2 Å². The number of thiazole rings is 1. The Bertz CT molecular complexity index is 1040. The van der Waals surface area contributed by atoms with Gasteiger partial charge >= 0.3 is 0 Å². The van der Waals surface area contributed by atoms with E-state index >= 15 is 0 Å². The van der Waals surface area contributed by atoms with E-state index in [1.807, 2.05) is 42.5 Å². The molecule has 26 heavy (non-hydrogen) atoms. The molecule has 0 saturated carbocycles. The Kier molecular flexibility index (Phi) is 4.69. The van der Waals surface area contributed by atoms with E-state index in [1.54, 1.807) is 35.6 Å². The Morgan fingerprint density at radius 2 is 1.81 bits per heavy atom. The summed E-state index contributed by atoms with van der Waals surface area (Å²) in [6.45, 7) is 0. The second-order valence-corrected chi connectivity index (χ2v) is 7.47. The van der Waals surface area contributed by atoms with Gasteiger partial charge < -0.3 is 5.32 Å². The van der Waals surface area contributed by atoms with Crippen molar-refractivity contribution in [2.75, 3.05) is 5.32 Å². The maximum Gasteiger partial charge on any atom is 0.255 e. The Morgan fingerprint density at radius 3 is 2.58 bits per heavy atom. The number of nitrogens with one attached hydrogen (secondary N) is 1. The highest BCUT2D eigenvalue weighted by Crippen LogP contribution is 2.24. The summed E-state index contributed by atoms with van der Waals surface area (Å²) in [5.74, 6) is -0.175. The van der Waals surface area contributed by atoms with E-state index in [1.165, 1.54) is 4.70 Å². The molecular weight excluding hydrogens is 364 g/mol. The van der Waals surface area contributed by atoms with Gasteiger partial charge in [-0.3, -0.25) is 4.79 Å². The van der Waals surface area contributed by atoms with E-state index in [2.05, 4.69) is 16.4 Å². The van der Waals surface area contributed by atoms with Crippen molar-refractivity contribution >= 4 is 44.7 Å². The summed E-state index contributed by atoms with van der Waals surface area (Å²) in [6, 6.07) is 22.9.